The average Bonchev–Trinajstić information content (AvgIpc) is 2.81. The summed E-state index contributed by atoms with van der Waals surface area (Å²) in [5.74, 6) is 0.239. The van der Waals surface area contributed by atoms with Gasteiger partial charge in [0.1, 0.15) is 5.82 Å². The lowest BCUT2D eigenvalue weighted by Crippen LogP contribution is -2.01. The predicted molar refractivity (Wildman–Crippen MR) is 70.7 cm³/mol. The van der Waals surface area contributed by atoms with Crippen molar-refractivity contribution in [3.8, 4) is 11.4 Å². The van der Waals surface area contributed by atoms with Crippen molar-refractivity contribution in [3.63, 3.8) is 0 Å². The van der Waals surface area contributed by atoms with Gasteiger partial charge in [-0.2, -0.15) is 0 Å². The number of hydrogen-bond acceptors (Lipinski definition) is 3. The van der Waals surface area contributed by atoms with E-state index in [1.165, 1.54) is 12.1 Å². The van der Waals surface area contributed by atoms with Crippen molar-refractivity contribution in [2.45, 2.75) is 13.8 Å². The molecular formula is C13H10ClFN4. The SMILES string of the molecule is Cc1nc(Cl)c2nnc(-c3cccc(F)c3)n2c1C. The lowest BCUT2D eigenvalue weighted by molar-refractivity contribution is 0.628. The monoisotopic (exact) mass is 276 g/mol. The number of rotatable bonds is 1. The predicted octanol–water partition coefficient (Wildman–Crippen LogP) is 3.20. The number of halogens is 2. The zero-order chi connectivity index (χ0) is 13.6. The van der Waals surface area contributed by atoms with Gasteiger partial charge in [-0.05, 0) is 26.0 Å². The quantitative estimate of drug-likeness (QED) is 0.685. The standard InChI is InChI=1S/C13H10ClFN4/c1-7-8(2)19-12(9-4-3-5-10(15)6-9)17-18-13(19)11(14)16-7/h3-6H,1-2H3. The fourth-order valence-electron chi connectivity index (χ4n) is 1.99. The Labute approximate surface area is 113 Å². The Morgan fingerprint density at radius 3 is 2.74 bits per heavy atom. The van der Waals surface area contributed by atoms with Gasteiger partial charge in [-0.25, -0.2) is 9.37 Å². The van der Waals surface area contributed by atoms with E-state index in [4.69, 9.17) is 11.6 Å². The molecule has 1 aromatic carbocycles. The zero-order valence-electron chi connectivity index (χ0n) is 10.4. The van der Waals surface area contributed by atoms with Crippen LogP contribution in [0.3, 0.4) is 0 Å². The van der Waals surface area contributed by atoms with Gasteiger partial charge in [-0.1, -0.05) is 23.7 Å². The molecule has 0 aliphatic heterocycles. The van der Waals surface area contributed by atoms with E-state index in [9.17, 15) is 4.39 Å². The van der Waals surface area contributed by atoms with Gasteiger partial charge in [0.25, 0.3) is 0 Å². The molecule has 0 aliphatic carbocycles. The summed E-state index contributed by atoms with van der Waals surface area (Å²) < 4.78 is 15.1. The molecule has 0 aliphatic rings. The van der Waals surface area contributed by atoms with E-state index in [1.54, 1.807) is 16.5 Å². The van der Waals surface area contributed by atoms with Gasteiger partial charge >= 0.3 is 0 Å². The van der Waals surface area contributed by atoms with Gasteiger partial charge in [0.2, 0.25) is 0 Å². The maximum Gasteiger partial charge on any atom is 0.199 e. The Morgan fingerprint density at radius 1 is 1.21 bits per heavy atom. The summed E-state index contributed by atoms with van der Waals surface area (Å²) in [5, 5.41) is 8.40. The van der Waals surface area contributed by atoms with E-state index in [2.05, 4.69) is 15.2 Å². The van der Waals surface area contributed by atoms with Crippen LogP contribution in [0.25, 0.3) is 17.0 Å². The molecule has 0 saturated heterocycles. The number of fused-ring (bicyclic) bond motifs is 1. The topological polar surface area (TPSA) is 43.1 Å². The molecule has 0 bridgehead atoms. The van der Waals surface area contributed by atoms with Crippen molar-refractivity contribution in [2.24, 2.45) is 0 Å². The molecule has 3 aromatic rings. The van der Waals surface area contributed by atoms with Crippen molar-refractivity contribution in [2.75, 3.05) is 0 Å². The molecule has 2 heterocycles. The highest BCUT2D eigenvalue weighted by atomic mass is 35.5. The van der Waals surface area contributed by atoms with Crippen LogP contribution in [0.5, 0.6) is 0 Å². The first-order valence-electron chi connectivity index (χ1n) is 5.71. The molecule has 0 fully saturated rings. The van der Waals surface area contributed by atoms with Crippen LogP contribution >= 0.6 is 11.6 Å². The number of benzene rings is 1. The number of nitrogens with zero attached hydrogens (tertiary/aromatic N) is 4. The van der Waals surface area contributed by atoms with E-state index in [0.29, 0.717) is 22.2 Å². The molecule has 0 N–H and O–H groups in total. The molecule has 0 atom stereocenters. The molecule has 0 spiro atoms. The number of aromatic nitrogens is 4. The van der Waals surface area contributed by atoms with Gasteiger partial charge in [0, 0.05) is 11.3 Å². The molecule has 0 unspecified atom stereocenters. The van der Waals surface area contributed by atoms with Gasteiger partial charge in [-0.3, -0.25) is 4.40 Å². The third-order valence-electron chi connectivity index (χ3n) is 3.06. The molecule has 19 heavy (non-hydrogen) atoms. The Kier molecular flexibility index (Phi) is 2.71. The van der Waals surface area contributed by atoms with Gasteiger partial charge < -0.3 is 0 Å². The minimum absolute atomic E-state index is 0.290. The van der Waals surface area contributed by atoms with E-state index in [0.717, 1.165) is 11.4 Å². The molecule has 2 aromatic heterocycles. The maximum absolute atomic E-state index is 13.3. The first-order valence-corrected chi connectivity index (χ1v) is 6.09. The Hall–Kier alpha value is -2.01. The minimum atomic E-state index is -0.316. The van der Waals surface area contributed by atoms with E-state index < -0.39 is 0 Å². The summed E-state index contributed by atoms with van der Waals surface area (Å²) >= 11 is 6.06. The van der Waals surface area contributed by atoms with Gasteiger partial charge in [0.05, 0.1) is 5.69 Å². The average molecular weight is 277 g/mol. The summed E-state index contributed by atoms with van der Waals surface area (Å²) in [6.07, 6.45) is 0. The minimum Gasteiger partial charge on any atom is -0.275 e. The third kappa shape index (κ3) is 1.86. The highest BCUT2D eigenvalue weighted by Gasteiger charge is 2.15. The largest absolute Gasteiger partial charge is 0.275 e. The van der Waals surface area contributed by atoms with Crippen molar-refractivity contribution in [1.82, 2.24) is 19.6 Å². The molecular weight excluding hydrogens is 267 g/mol. The Morgan fingerprint density at radius 2 is 2.00 bits per heavy atom. The second kappa shape index (κ2) is 4.28. The Bertz CT molecular complexity index is 782. The highest BCUT2D eigenvalue weighted by molar-refractivity contribution is 6.32. The molecule has 0 radical (unpaired) electrons. The highest BCUT2D eigenvalue weighted by Crippen LogP contribution is 2.24. The summed E-state index contributed by atoms with van der Waals surface area (Å²) in [6, 6.07) is 6.22. The second-order valence-corrected chi connectivity index (χ2v) is 4.62. The molecule has 0 amide bonds. The zero-order valence-corrected chi connectivity index (χ0v) is 11.1. The molecule has 3 rings (SSSR count). The fourth-order valence-corrected chi connectivity index (χ4v) is 2.24. The lowest BCUT2D eigenvalue weighted by Gasteiger charge is -2.07. The molecule has 96 valence electrons. The third-order valence-corrected chi connectivity index (χ3v) is 3.31. The summed E-state index contributed by atoms with van der Waals surface area (Å²) in [6.45, 7) is 3.76. The van der Waals surface area contributed by atoms with Crippen molar-refractivity contribution in [1.29, 1.82) is 0 Å². The van der Waals surface area contributed by atoms with Gasteiger partial charge in [-0.15, -0.1) is 10.2 Å². The summed E-state index contributed by atoms with van der Waals surface area (Å²) in [5.41, 5.74) is 2.79. The van der Waals surface area contributed by atoms with Crippen LogP contribution in [-0.4, -0.2) is 19.6 Å². The number of aryl methyl sites for hydroxylation is 2. The summed E-state index contributed by atoms with van der Waals surface area (Å²) in [4.78, 5) is 4.19. The Balaban J connectivity index is 2.37. The van der Waals surface area contributed by atoms with E-state index in [-0.39, 0.29) is 5.82 Å². The van der Waals surface area contributed by atoms with Crippen molar-refractivity contribution < 1.29 is 4.39 Å². The lowest BCUT2D eigenvalue weighted by atomic mass is 10.2. The molecule has 4 nitrogen and oxygen atoms in total. The summed E-state index contributed by atoms with van der Waals surface area (Å²) in [7, 11) is 0. The van der Waals surface area contributed by atoms with Crippen LogP contribution in [-0.2, 0) is 0 Å². The van der Waals surface area contributed by atoms with Crippen LogP contribution in [0, 0.1) is 19.7 Å². The maximum atomic E-state index is 13.3. The van der Waals surface area contributed by atoms with Crippen LogP contribution < -0.4 is 0 Å². The number of hydrogen-bond donors (Lipinski definition) is 0. The normalized spacial score (nSPS) is 11.2. The van der Waals surface area contributed by atoms with Crippen LogP contribution in [0.15, 0.2) is 24.3 Å². The van der Waals surface area contributed by atoms with Crippen LogP contribution in [0.1, 0.15) is 11.4 Å². The van der Waals surface area contributed by atoms with E-state index >= 15 is 0 Å². The van der Waals surface area contributed by atoms with Gasteiger partial charge in [0.15, 0.2) is 16.6 Å². The first kappa shape index (κ1) is 12.0. The molecule has 6 heteroatoms. The molecule has 0 saturated carbocycles. The first-order chi connectivity index (χ1) is 9.08. The van der Waals surface area contributed by atoms with Crippen molar-refractivity contribution in [3.05, 3.63) is 46.6 Å². The smallest absolute Gasteiger partial charge is 0.199 e. The van der Waals surface area contributed by atoms with Crippen LogP contribution in [0.2, 0.25) is 5.15 Å². The van der Waals surface area contributed by atoms with E-state index in [1.807, 2.05) is 13.8 Å². The van der Waals surface area contributed by atoms with Crippen LogP contribution in [0.4, 0.5) is 4.39 Å². The van der Waals surface area contributed by atoms with Crippen molar-refractivity contribution >= 4 is 17.2 Å². The fraction of sp³-hybridized carbons (Fsp3) is 0.154. The second-order valence-electron chi connectivity index (χ2n) is 4.27.